The summed E-state index contributed by atoms with van der Waals surface area (Å²) in [6, 6.07) is 22.3. The molecule has 0 saturated carbocycles. The van der Waals surface area contributed by atoms with Crippen LogP contribution >= 0.6 is 0 Å². The summed E-state index contributed by atoms with van der Waals surface area (Å²) in [5.74, 6) is 0.233. The maximum atomic E-state index is 13.3. The number of hydrogen-bond acceptors (Lipinski definition) is 4. The topological polar surface area (TPSA) is 80.1 Å². The molecule has 0 fully saturated rings. The number of nitrogens with zero attached hydrogens (tertiary/aromatic N) is 4. The van der Waals surface area contributed by atoms with Crippen LogP contribution < -0.4 is 10.2 Å². The summed E-state index contributed by atoms with van der Waals surface area (Å²) in [5.41, 5.74) is 3.42. The minimum atomic E-state index is -0.637. The van der Waals surface area contributed by atoms with Crippen LogP contribution in [0.5, 0.6) is 0 Å². The van der Waals surface area contributed by atoms with Crippen LogP contribution in [0.15, 0.2) is 79.0 Å². The molecule has 5 rings (SSSR count). The normalized spacial score (nSPS) is 15.3. The van der Waals surface area contributed by atoms with Crippen molar-refractivity contribution in [3.8, 4) is 0 Å². The van der Waals surface area contributed by atoms with Crippen LogP contribution in [-0.4, -0.2) is 26.3 Å². The van der Waals surface area contributed by atoms with E-state index in [0.717, 1.165) is 22.3 Å². The molecule has 154 valence electrons. The monoisotopic (exact) mass is 411 g/mol. The van der Waals surface area contributed by atoms with Crippen LogP contribution in [0.2, 0.25) is 0 Å². The van der Waals surface area contributed by atoms with Gasteiger partial charge in [0.25, 0.3) is 5.91 Å². The molecule has 0 aliphatic carbocycles. The van der Waals surface area contributed by atoms with Gasteiger partial charge in [-0.05, 0) is 29.8 Å². The van der Waals surface area contributed by atoms with E-state index in [9.17, 15) is 9.59 Å². The first-order valence-corrected chi connectivity index (χ1v) is 10.2. The van der Waals surface area contributed by atoms with Gasteiger partial charge in [0.05, 0.1) is 29.7 Å². The Bertz CT molecular complexity index is 1240. The number of hydrogen-bond donors (Lipinski definition) is 1. The van der Waals surface area contributed by atoms with E-state index in [1.165, 1.54) is 0 Å². The average molecular weight is 411 g/mol. The first-order valence-electron chi connectivity index (χ1n) is 10.2. The van der Waals surface area contributed by atoms with Gasteiger partial charge in [-0.2, -0.15) is 0 Å². The number of rotatable bonds is 6. The van der Waals surface area contributed by atoms with E-state index < -0.39 is 6.04 Å². The molecular formula is C24H21N5O2. The third-order valence-corrected chi connectivity index (χ3v) is 5.44. The van der Waals surface area contributed by atoms with Crippen molar-refractivity contribution in [1.29, 1.82) is 0 Å². The lowest BCUT2D eigenvalue weighted by Gasteiger charge is -2.15. The summed E-state index contributed by atoms with van der Waals surface area (Å²) in [7, 11) is 0. The van der Waals surface area contributed by atoms with Crippen LogP contribution in [0.3, 0.4) is 0 Å². The first kappa shape index (κ1) is 19.0. The van der Waals surface area contributed by atoms with Gasteiger partial charge in [-0.15, -0.1) is 0 Å². The third-order valence-electron chi connectivity index (χ3n) is 5.44. The Labute approximate surface area is 179 Å². The number of benzene rings is 2. The van der Waals surface area contributed by atoms with E-state index >= 15 is 0 Å². The van der Waals surface area contributed by atoms with Gasteiger partial charge in [0.1, 0.15) is 6.04 Å². The number of carbonyl (C=O) groups excluding carboxylic acids is 2. The molecular weight excluding hydrogens is 390 g/mol. The predicted octanol–water partition coefficient (Wildman–Crippen LogP) is 3.23. The van der Waals surface area contributed by atoms with Gasteiger partial charge in [0.15, 0.2) is 0 Å². The number of pyridine rings is 1. The Morgan fingerprint density at radius 2 is 1.74 bits per heavy atom. The Morgan fingerprint density at radius 1 is 0.968 bits per heavy atom. The highest BCUT2D eigenvalue weighted by Gasteiger charge is 2.40. The molecule has 1 N–H and O–H groups in total. The van der Waals surface area contributed by atoms with Gasteiger partial charge < -0.3 is 5.32 Å². The van der Waals surface area contributed by atoms with Gasteiger partial charge >= 0.3 is 0 Å². The lowest BCUT2D eigenvalue weighted by molar-refractivity contribution is -0.127. The highest BCUT2D eigenvalue weighted by Crippen LogP contribution is 2.37. The van der Waals surface area contributed by atoms with E-state index in [2.05, 4.69) is 15.3 Å². The SMILES string of the molecule is O=C(CC1C(=O)N(Cc2ccccn2)c2nc3ccccc3n21)NCc1ccccc1. The van der Waals surface area contributed by atoms with Gasteiger partial charge in [0, 0.05) is 12.7 Å². The molecule has 1 aliphatic heterocycles. The summed E-state index contributed by atoms with van der Waals surface area (Å²) in [5, 5.41) is 2.93. The standard InChI is InChI=1S/C24H21N5O2/c30-22(26-15-17-8-2-1-3-9-17)14-21-23(31)28(16-18-10-6-7-13-25-18)24-27-19-11-4-5-12-20(19)29(21)24/h1-13,21H,14-16H2,(H,26,30). The molecule has 2 aromatic carbocycles. The maximum Gasteiger partial charge on any atom is 0.253 e. The highest BCUT2D eigenvalue weighted by molar-refractivity contribution is 6.03. The van der Waals surface area contributed by atoms with Gasteiger partial charge in [0.2, 0.25) is 11.9 Å². The number of amides is 2. The second kappa shape index (κ2) is 8.02. The van der Waals surface area contributed by atoms with Crippen LogP contribution in [0.1, 0.15) is 23.7 Å². The maximum absolute atomic E-state index is 13.3. The molecule has 7 heteroatoms. The minimum Gasteiger partial charge on any atom is -0.352 e. The van der Waals surface area contributed by atoms with Crippen molar-refractivity contribution in [3.63, 3.8) is 0 Å². The fourth-order valence-electron chi connectivity index (χ4n) is 3.94. The quantitative estimate of drug-likeness (QED) is 0.528. The molecule has 0 bridgehead atoms. The van der Waals surface area contributed by atoms with Gasteiger partial charge in [-0.3, -0.25) is 24.0 Å². The highest BCUT2D eigenvalue weighted by atomic mass is 16.2. The summed E-state index contributed by atoms with van der Waals surface area (Å²) < 4.78 is 1.88. The Balaban J connectivity index is 1.42. The molecule has 2 aromatic heterocycles. The fourth-order valence-corrected chi connectivity index (χ4v) is 3.94. The number of para-hydroxylation sites is 2. The number of imidazole rings is 1. The van der Waals surface area contributed by atoms with E-state index in [-0.39, 0.29) is 18.2 Å². The number of fused-ring (bicyclic) bond motifs is 3. The van der Waals surface area contributed by atoms with E-state index in [1.807, 2.05) is 77.4 Å². The second-order valence-corrected chi connectivity index (χ2v) is 7.50. The summed E-state index contributed by atoms with van der Waals surface area (Å²) >= 11 is 0. The number of nitrogens with one attached hydrogen (secondary N) is 1. The number of carbonyl (C=O) groups is 2. The first-order chi connectivity index (χ1) is 15.2. The lowest BCUT2D eigenvalue weighted by Crippen LogP contribution is -2.32. The zero-order valence-corrected chi connectivity index (χ0v) is 16.8. The number of anilines is 1. The molecule has 4 aromatic rings. The lowest BCUT2D eigenvalue weighted by atomic mass is 10.1. The van der Waals surface area contributed by atoms with Gasteiger partial charge in [-0.25, -0.2) is 4.98 Å². The molecule has 1 unspecified atom stereocenters. The molecule has 0 radical (unpaired) electrons. The van der Waals surface area contributed by atoms with Crippen LogP contribution in [0, 0.1) is 0 Å². The van der Waals surface area contributed by atoms with Crippen molar-refractivity contribution < 1.29 is 9.59 Å². The molecule has 2 amide bonds. The molecule has 0 spiro atoms. The van der Waals surface area contributed by atoms with Crippen LogP contribution in [0.4, 0.5) is 5.95 Å². The predicted molar refractivity (Wildman–Crippen MR) is 117 cm³/mol. The van der Waals surface area contributed by atoms with E-state index in [1.54, 1.807) is 11.1 Å². The fraction of sp³-hybridized carbons (Fsp3) is 0.167. The summed E-state index contributed by atoms with van der Waals surface area (Å²) in [6.45, 7) is 0.737. The largest absolute Gasteiger partial charge is 0.352 e. The molecule has 3 heterocycles. The minimum absolute atomic E-state index is 0.0533. The van der Waals surface area contributed by atoms with Crippen molar-refractivity contribution in [2.24, 2.45) is 0 Å². The van der Waals surface area contributed by atoms with Crippen molar-refractivity contribution in [1.82, 2.24) is 19.9 Å². The van der Waals surface area contributed by atoms with Crippen LogP contribution in [0.25, 0.3) is 11.0 Å². The second-order valence-electron chi connectivity index (χ2n) is 7.50. The van der Waals surface area contributed by atoms with E-state index in [4.69, 9.17) is 0 Å². The zero-order valence-electron chi connectivity index (χ0n) is 16.8. The molecule has 1 atom stereocenters. The average Bonchev–Trinajstić information content (AvgIpc) is 3.30. The Hall–Kier alpha value is -4.00. The Morgan fingerprint density at radius 3 is 2.55 bits per heavy atom. The Kier molecular flexibility index (Phi) is 4.92. The molecule has 0 saturated heterocycles. The van der Waals surface area contributed by atoms with Crippen LogP contribution in [-0.2, 0) is 22.7 Å². The third kappa shape index (κ3) is 3.66. The molecule has 1 aliphatic rings. The van der Waals surface area contributed by atoms with Gasteiger partial charge in [-0.1, -0.05) is 48.5 Å². The van der Waals surface area contributed by atoms with Crippen molar-refractivity contribution in [3.05, 3.63) is 90.3 Å². The van der Waals surface area contributed by atoms with Crippen molar-refractivity contribution in [2.45, 2.75) is 25.6 Å². The summed E-state index contributed by atoms with van der Waals surface area (Å²) in [6.07, 6.45) is 1.76. The van der Waals surface area contributed by atoms with Crippen molar-refractivity contribution >= 4 is 28.8 Å². The van der Waals surface area contributed by atoms with E-state index in [0.29, 0.717) is 19.0 Å². The molecule has 31 heavy (non-hydrogen) atoms. The van der Waals surface area contributed by atoms with Crippen molar-refractivity contribution in [2.75, 3.05) is 4.90 Å². The summed E-state index contributed by atoms with van der Waals surface area (Å²) in [4.78, 5) is 36.7. The zero-order chi connectivity index (χ0) is 21.2. The number of aromatic nitrogens is 3. The smallest absolute Gasteiger partial charge is 0.253 e. The molecule has 7 nitrogen and oxygen atoms in total.